The van der Waals surface area contributed by atoms with Crippen LogP contribution < -0.4 is 0 Å². The first kappa shape index (κ1) is 14.3. The molecule has 108 valence electrons. The van der Waals surface area contributed by atoms with Crippen molar-refractivity contribution in [2.45, 2.75) is 26.8 Å². The van der Waals surface area contributed by atoms with Crippen LogP contribution in [0.15, 0.2) is 12.3 Å². The number of nitrogens with zero attached hydrogens (tertiary/aromatic N) is 3. The van der Waals surface area contributed by atoms with Gasteiger partial charge in [0.25, 0.3) is 0 Å². The van der Waals surface area contributed by atoms with Crippen molar-refractivity contribution < 1.29 is 14.7 Å². The number of carbonyl (C=O) groups is 2. The molecule has 2 heterocycles. The summed E-state index contributed by atoms with van der Waals surface area (Å²) in [6.07, 6.45) is 2.12. The number of urea groups is 1. The highest BCUT2D eigenvalue weighted by Crippen LogP contribution is 2.21. The van der Waals surface area contributed by atoms with Crippen LogP contribution >= 0.6 is 0 Å². The Labute approximate surface area is 118 Å². The van der Waals surface area contributed by atoms with E-state index in [0.29, 0.717) is 38.2 Å². The maximum Gasteiger partial charge on any atom is 0.336 e. The number of aromatic nitrogens is 1. The fourth-order valence-electron chi connectivity index (χ4n) is 2.50. The van der Waals surface area contributed by atoms with Gasteiger partial charge in [-0.05, 0) is 19.9 Å². The Morgan fingerprint density at radius 1 is 1.40 bits per heavy atom. The first-order valence-corrected chi connectivity index (χ1v) is 6.82. The van der Waals surface area contributed by atoms with Crippen molar-refractivity contribution in [1.82, 2.24) is 14.8 Å². The van der Waals surface area contributed by atoms with E-state index in [1.165, 1.54) is 12.3 Å². The highest BCUT2D eigenvalue weighted by atomic mass is 16.4. The zero-order chi connectivity index (χ0) is 14.7. The average molecular weight is 277 g/mol. The Morgan fingerprint density at radius 3 is 2.70 bits per heavy atom. The van der Waals surface area contributed by atoms with Gasteiger partial charge in [-0.2, -0.15) is 0 Å². The Bertz CT molecular complexity index is 526. The molecule has 0 aliphatic carbocycles. The summed E-state index contributed by atoms with van der Waals surface area (Å²) in [5.74, 6) is -0.971. The fourth-order valence-corrected chi connectivity index (χ4v) is 2.50. The first-order chi connectivity index (χ1) is 9.58. The molecular formula is C14H19N3O3. The molecule has 0 aromatic carbocycles. The number of fused-ring (bicyclic) bond motifs is 1. The molecule has 0 atom stereocenters. The van der Waals surface area contributed by atoms with Crippen LogP contribution in [0.4, 0.5) is 4.79 Å². The van der Waals surface area contributed by atoms with Crippen LogP contribution in [0.25, 0.3) is 0 Å². The Kier molecular flexibility index (Phi) is 4.22. The van der Waals surface area contributed by atoms with E-state index in [1.807, 2.05) is 13.8 Å². The van der Waals surface area contributed by atoms with Gasteiger partial charge >= 0.3 is 12.0 Å². The molecule has 20 heavy (non-hydrogen) atoms. The smallest absolute Gasteiger partial charge is 0.336 e. The molecule has 1 aromatic heterocycles. The maximum atomic E-state index is 12.3. The predicted octanol–water partition coefficient (Wildman–Crippen LogP) is 1.60. The molecular weight excluding hydrogens is 258 g/mol. The van der Waals surface area contributed by atoms with Crippen molar-refractivity contribution in [3.05, 3.63) is 29.1 Å². The highest BCUT2D eigenvalue weighted by molar-refractivity contribution is 5.89. The quantitative estimate of drug-likeness (QED) is 0.910. The molecule has 1 aliphatic rings. The molecule has 1 aromatic rings. The lowest BCUT2D eigenvalue weighted by atomic mass is 10.0. The minimum absolute atomic E-state index is 0.0409. The molecule has 0 saturated heterocycles. The maximum absolute atomic E-state index is 12.3. The third kappa shape index (κ3) is 2.59. The summed E-state index contributed by atoms with van der Waals surface area (Å²) in [4.78, 5) is 31.3. The van der Waals surface area contributed by atoms with Crippen molar-refractivity contribution in [3.8, 4) is 0 Å². The van der Waals surface area contributed by atoms with Crippen LogP contribution in [0.5, 0.6) is 0 Å². The van der Waals surface area contributed by atoms with Crippen LogP contribution in [-0.4, -0.2) is 51.5 Å². The van der Waals surface area contributed by atoms with E-state index in [1.54, 1.807) is 9.80 Å². The molecule has 6 nitrogen and oxygen atoms in total. The largest absolute Gasteiger partial charge is 0.478 e. The van der Waals surface area contributed by atoms with Gasteiger partial charge in [0, 0.05) is 43.5 Å². The molecule has 0 saturated carbocycles. The number of rotatable bonds is 3. The summed E-state index contributed by atoms with van der Waals surface area (Å²) in [5.41, 5.74) is 1.69. The van der Waals surface area contributed by atoms with Gasteiger partial charge in [-0.3, -0.25) is 4.98 Å². The summed E-state index contributed by atoms with van der Waals surface area (Å²) in [6, 6.07) is 1.45. The van der Waals surface area contributed by atoms with Crippen LogP contribution in [0.3, 0.4) is 0 Å². The second kappa shape index (κ2) is 5.90. The van der Waals surface area contributed by atoms with E-state index >= 15 is 0 Å². The normalized spacial score (nSPS) is 13.8. The van der Waals surface area contributed by atoms with E-state index in [4.69, 9.17) is 0 Å². The second-order valence-corrected chi connectivity index (χ2v) is 4.72. The summed E-state index contributed by atoms with van der Waals surface area (Å²) in [7, 11) is 0. The van der Waals surface area contributed by atoms with Crippen LogP contribution in [0.1, 0.15) is 35.5 Å². The molecule has 0 fully saturated rings. The van der Waals surface area contributed by atoms with Gasteiger partial charge in [-0.15, -0.1) is 0 Å². The lowest BCUT2D eigenvalue weighted by Crippen LogP contribution is -2.45. The zero-order valence-corrected chi connectivity index (χ0v) is 11.8. The molecule has 2 rings (SSSR count). The van der Waals surface area contributed by atoms with Crippen LogP contribution in [0.2, 0.25) is 0 Å². The Hall–Kier alpha value is -2.11. The van der Waals surface area contributed by atoms with Crippen molar-refractivity contribution in [2.24, 2.45) is 0 Å². The molecule has 2 amide bonds. The molecule has 0 bridgehead atoms. The monoisotopic (exact) mass is 277 g/mol. The zero-order valence-electron chi connectivity index (χ0n) is 11.8. The second-order valence-electron chi connectivity index (χ2n) is 4.72. The number of hydrogen-bond acceptors (Lipinski definition) is 3. The first-order valence-electron chi connectivity index (χ1n) is 6.82. The molecule has 0 spiro atoms. The lowest BCUT2D eigenvalue weighted by molar-refractivity contribution is 0.0692. The van der Waals surface area contributed by atoms with Gasteiger partial charge in [0.05, 0.1) is 12.1 Å². The third-order valence-corrected chi connectivity index (χ3v) is 3.65. The summed E-state index contributed by atoms with van der Waals surface area (Å²) in [5, 5.41) is 9.23. The number of carboxylic acids is 1. The fraction of sp³-hybridized carbons (Fsp3) is 0.500. The number of pyridine rings is 1. The number of carboxylic acid groups (broad SMARTS) is 1. The van der Waals surface area contributed by atoms with E-state index in [9.17, 15) is 14.7 Å². The van der Waals surface area contributed by atoms with Crippen molar-refractivity contribution in [1.29, 1.82) is 0 Å². The van der Waals surface area contributed by atoms with Gasteiger partial charge in [-0.25, -0.2) is 9.59 Å². The molecule has 0 radical (unpaired) electrons. The summed E-state index contributed by atoms with van der Waals surface area (Å²) < 4.78 is 0. The molecule has 1 N–H and O–H groups in total. The third-order valence-electron chi connectivity index (χ3n) is 3.65. The predicted molar refractivity (Wildman–Crippen MR) is 73.6 cm³/mol. The number of carbonyl (C=O) groups excluding carboxylic acids is 1. The number of aromatic carboxylic acids is 1. The van der Waals surface area contributed by atoms with Crippen molar-refractivity contribution in [2.75, 3.05) is 19.6 Å². The minimum atomic E-state index is -0.971. The van der Waals surface area contributed by atoms with Gasteiger partial charge in [0.15, 0.2) is 0 Å². The van der Waals surface area contributed by atoms with Gasteiger partial charge in [0.1, 0.15) is 0 Å². The van der Waals surface area contributed by atoms with E-state index < -0.39 is 5.97 Å². The Morgan fingerprint density at radius 2 is 2.10 bits per heavy atom. The minimum Gasteiger partial charge on any atom is -0.478 e. The average Bonchev–Trinajstić information content (AvgIpc) is 2.47. The molecule has 1 aliphatic heterocycles. The van der Waals surface area contributed by atoms with Gasteiger partial charge in [0.2, 0.25) is 0 Å². The Balaban J connectivity index is 2.26. The number of amides is 2. The topological polar surface area (TPSA) is 73.7 Å². The van der Waals surface area contributed by atoms with Crippen molar-refractivity contribution >= 4 is 12.0 Å². The lowest BCUT2D eigenvalue weighted by Gasteiger charge is -2.33. The van der Waals surface area contributed by atoms with Crippen molar-refractivity contribution in [3.63, 3.8) is 0 Å². The van der Waals surface area contributed by atoms with Gasteiger partial charge < -0.3 is 14.9 Å². The standard InChI is InChI=1S/C14H19N3O3/c1-3-16(4-2)14(20)17-8-6-12-11(9-17)10(13(18)19)5-7-15-12/h5,7H,3-4,6,8-9H2,1-2H3,(H,18,19). The summed E-state index contributed by atoms with van der Waals surface area (Å²) >= 11 is 0. The summed E-state index contributed by atoms with van der Waals surface area (Å²) in [6.45, 7) is 6.07. The molecule has 6 heteroatoms. The number of hydrogen-bond donors (Lipinski definition) is 1. The van der Waals surface area contributed by atoms with Crippen LogP contribution in [-0.2, 0) is 13.0 Å². The van der Waals surface area contributed by atoms with Gasteiger partial charge in [-0.1, -0.05) is 0 Å². The SMILES string of the molecule is CCN(CC)C(=O)N1CCc2nccc(C(=O)O)c2C1. The highest BCUT2D eigenvalue weighted by Gasteiger charge is 2.27. The van der Waals surface area contributed by atoms with E-state index in [2.05, 4.69) is 4.98 Å². The van der Waals surface area contributed by atoms with Crippen LogP contribution in [0, 0.1) is 0 Å². The van der Waals surface area contributed by atoms with E-state index in [-0.39, 0.29) is 11.6 Å². The molecule has 0 unspecified atom stereocenters. The van der Waals surface area contributed by atoms with E-state index in [0.717, 1.165) is 5.69 Å².